The molecule has 0 bridgehead atoms. The van der Waals surface area contributed by atoms with E-state index < -0.39 is 10.0 Å². The monoisotopic (exact) mass is 483 g/mol. The average molecular weight is 484 g/mol. The smallest absolute Gasteiger partial charge is 0.243 e. The van der Waals surface area contributed by atoms with E-state index in [1.165, 1.54) is 22.8 Å². The molecule has 0 aromatic heterocycles. The summed E-state index contributed by atoms with van der Waals surface area (Å²) in [5, 5.41) is 3.14. The van der Waals surface area contributed by atoms with Crippen LogP contribution in [0.1, 0.15) is 56.7 Å². The number of benzene rings is 2. The lowest BCUT2D eigenvalue weighted by atomic mass is 9.96. The van der Waals surface area contributed by atoms with Gasteiger partial charge in [-0.25, -0.2) is 8.42 Å². The number of piperidine rings is 2. The summed E-state index contributed by atoms with van der Waals surface area (Å²) in [5.74, 6) is 0.569. The van der Waals surface area contributed by atoms with Crippen molar-refractivity contribution in [2.45, 2.75) is 57.4 Å². The largest absolute Gasteiger partial charge is 0.371 e. The van der Waals surface area contributed by atoms with Gasteiger partial charge < -0.3 is 10.2 Å². The molecule has 7 heteroatoms. The Bertz CT molecular complexity index is 1080. The van der Waals surface area contributed by atoms with Gasteiger partial charge in [0, 0.05) is 37.8 Å². The van der Waals surface area contributed by atoms with E-state index >= 15 is 0 Å². The molecule has 6 nitrogen and oxygen atoms in total. The number of anilines is 1. The molecule has 0 aliphatic carbocycles. The molecule has 2 aliphatic rings. The maximum Gasteiger partial charge on any atom is 0.243 e. The number of carbonyl (C=O) groups is 1. The van der Waals surface area contributed by atoms with Gasteiger partial charge in [0.15, 0.2) is 0 Å². The van der Waals surface area contributed by atoms with Crippen LogP contribution in [-0.2, 0) is 14.8 Å². The van der Waals surface area contributed by atoms with Crippen molar-refractivity contribution in [3.05, 3.63) is 59.7 Å². The Kier molecular flexibility index (Phi) is 7.63. The van der Waals surface area contributed by atoms with Crippen LogP contribution < -0.4 is 10.2 Å². The van der Waals surface area contributed by atoms with Gasteiger partial charge in [-0.1, -0.05) is 36.8 Å². The zero-order valence-electron chi connectivity index (χ0n) is 20.5. The first-order chi connectivity index (χ1) is 16.2. The summed E-state index contributed by atoms with van der Waals surface area (Å²) in [4.78, 5) is 15.7. The van der Waals surface area contributed by atoms with Crippen LogP contribution in [0.25, 0.3) is 0 Å². The lowest BCUT2D eigenvalue weighted by molar-refractivity contribution is -0.126. The molecule has 0 unspecified atom stereocenters. The third-order valence-corrected chi connectivity index (χ3v) is 9.17. The molecule has 2 atom stereocenters. The topological polar surface area (TPSA) is 69.7 Å². The second kappa shape index (κ2) is 10.5. The molecular formula is C27H37N3O3S. The Labute approximate surface area is 204 Å². The lowest BCUT2D eigenvalue weighted by Gasteiger charge is -2.33. The Morgan fingerprint density at radius 2 is 1.62 bits per heavy atom. The van der Waals surface area contributed by atoms with Gasteiger partial charge >= 0.3 is 0 Å². The maximum absolute atomic E-state index is 12.9. The predicted molar refractivity (Wildman–Crippen MR) is 136 cm³/mol. The Morgan fingerprint density at radius 1 is 0.971 bits per heavy atom. The second-order valence-electron chi connectivity index (χ2n) is 10.0. The molecule has 0 saturated carbocycles. The van der Waals surface area contributed by atoms with Gasteiger partial charge in [-0.3, -0.25) is 4.79 Å². The molecule has 2 aromatic carbocycles. The van der Waals surface area contributed by atoms with E-state index in [2.05, 4.69) is 41.4 Å². The van der Waals surface area contributed by atoms with Crippen LogP contribution in [0, 0.1) is 18.8 Å². The molecule has 0 radical (unpaired) electrons. The molecule has 1 amide bonds. The van der Waals surface area contributed by atoms with Gasteiger partial charge in [0.25, 0.3) is 0 Å². The van der Waals surface area contributed by atoms with Crippen LogP contribution in [0.15, 0.2) is 53.4 Å². The zero-order chi connectivity index (χ0) is 24.3. The highest BCUT2D eigenvalue weighted by Crippen LogP contribution is 2.27. The molecule has 2 saturated heterocycles. The fraction of sp³-hybridized carbons (Fsp3) is 0.519. The summed E-state index contributed by atoms with van der Waals surface area (Å²) < 4.78 is 27.3. The highest BCUT2D eigenvalue weighted by molar-refractivity contribution is 7.89. The fourth-order valence-corrected chi connectivity index (χ4v) is 6.50. The molecule has 0 spiro atoms. The van der Waals surface area contributed by atoms with Crippen LogP contribution in [0.4, 0.5) is 5.69 Å². The third-order valence-electron chi connectivity index (χ3n) is 7.26. The van der Waals surface area contributed by atoms with E-state index in [1.54, 1.807) is 12.1 Å². The van der Waals surface area contributed by atoms with Crippen LogP contribution >= 0.6 is 0 Å². The molecule has 4 rings (SSSR count). The summed E-state index contributed by atoms with van der Waals surface area (Å²) in [6, 6.07) is 15.4. The van der Waals surface area contributed by atoms with E-state index in [9.17, 15) is 13.2 Å². The quantitative estimate of drug-likeness (QED) is 0.656. The molecule has 2 heterocycles. The summed E-state index contributed by atoms with van der Waals surface area (Å²) in [6.45, 7) is 9.19. The van der Waals surface area contributed by atoms with Gasteiger partial charge in [0.05, 0.1) is 10.9 Å². The average Bonchev–Trinajstić information content (AvgIpc) is 2.84. The first kappa shape index (κ1) is 24.7. The van der Waals surface area contributed by atoms with Crippen molar-refractivity contribution >= 4 is 21.6 Å². The van der Waals surface area contributed by atoms with Crippen molar-refractivity contribution in [2.75, 3.05) is 31.1 Å². The Balaban J connectivity index is 1.30. The summed E-state index contributed by atoms with van der Waals surface area (Å²) in [7, 11) is -3.51. The minimum Gasteiger partial charge on any atom is -0.371 e. The van der Waals surface area contributed by atoms with Crippen LogP contribution in [0.2, 0.25) is 0 Å². The van der Waals surface area contributed by atoms with Crippen molar-refractivity contribution in [1.82, 2.24) is 9.62 Å². The standard InChI is InChI=1S/C27H37N3O3S/c1-20-6-12-26(13-7-20)34(32,33)30-17-14-24(15-18-30)27(31)28-22(3)23-8-10-25(11-9-23)29-16-4-5-21(2)19-29/h6-13,21-22,24H,4-5,14-19H2,1-3H3,(H,28,31)/t21-,22+/m0/s1. The fourth-order valence-electron chi connectivity index (χ4n) is 5.03. The highest BCUT2D eigenvalue weighted by atomic mass is 32.2. The number of carbonyl (C=O) groups excluding carboxylic acids is 1. The zero-order valence-corrected chi connectivity index (χ0v) is 21.4. The molecule has 2 aromatic rings. The van der Waals surface area contributed by atoms with Gasteiger partial charge in [-0.05, 0) is 75.3 Å². The van der Waals surface area contributed by atoms with Crippen molar-refractivity contribution in [3.8, 4) is 0 Å². The van der Waals surface area contributed by atoms with Gasteiger partial charge in [-0.15, -0.1) is 0 Å². The predicted octanol–water partition coefficient (Wildman–Crippen LogP) is 4.51. The van der Waals surface area contributed by atoms with Gasteiger partial charge in [-0.2, -0.15) is 4.31 Å². The molecule has 184 valence electrons. The van der Waals surface area contributed by atoms with Crippen molar-refractivity contribution < 1.29 is 13.2 Å². The molecule has 1 N–H and O–H groups in total. The Hall–Kier alpha value is -2.38. The minimum absolute atomic E-state index is 0.00816. The first-order valence-electron chi connectivity index (χ1n) is 12.5. The number of aryl methyl sites for hydroxylation is 1. The van der Waals surface area contributed by atoms with Gasteiger partial charge in [0.1, 0.15) is 0 Å². The number of amides is 1. The number of hydrogen-bond acceptors (Lipinski definition) is 4. The minimum atomic E-state index is -3.51. The van der Waals surface area contributed by atoms with Crippen LogP contribution in [0.5, 0.6) is 0 Å². The van der Waals surface area contributed by atoms with Crippen LogP contribution in [0.3, 0.4) is 0 Å². The van der Waals surface area contributed by atoms with Crippen molar-refractivity contribution in [3.63, 3.8) is 0 Å². The lowest BCUT2D eigenvalue weighted by Crippen LogP contribution is -2.43. The van der Waals surface area contributed by atoms with Gasteiger partial charge in [0.2, 0.25) is 15.9 Å². The van der Waals surface area contributed by atoms with Crippen molar-refractivity contribution in [2.24, 2.45) is 11.8 Å². The summed E-state index contributed by atoms with van der Waals surface area (Å²) >= 11 is 0. The number of nitrogens with zero attached hydrogens (tertiary/aromatic N) is 2. The first-order valence-corrected chi connectivity index (χ1v) is 13.9. The van der Waals surface area contributed by atoms with E-state index in [0.717, 1.165) is 30.1 Å². The summed E-state index contributed by atoms with van der Waals surface area (Å²) in [6.07, 6.45) is 3.61. The Morgan fingerprint density at radius 3 is 2.24 bits per heavy atom. The number of nitrogens with one attached hydrogen (secondary N) is 1. The SMILES string of the molecule is Cc1ccc(S(=O)(=O)N2CCC(C(=O)N[C@H](C)c3ccc(N4CCC[C@H](C)C4)cc3)CC2)cc1. The number of rotatable bonds is 6. The number of sulfonamides is 1. The molecule has 34 heavy (non-hydrogen) atoms. The number of hydrogen-bond donors (Lipinski definition) is 1. The normalized spacial score (nSPS) is 21.3. The van der Waals surface area contributed by atoms with Crippen molar-refractivity contribution in [1.29, 1.82) is 0 Å². The summed E-state index contributed by atoms with van der Waals surface area (Å²) in [5.41, 5.74) is 3.36. The van der Waals surface area contributed by atoms with E-state index in [0.29, 0.717) is 30.8 Å². The van der Waals surface area contributed by atoms with Crippen LogP contribution in [-0.4, -0.2) is 44.8 Å². The molecular weight excluding hydrogens is 446 g/mol. The molecule has 2 aliphatic heterocycles. The maximum atomic E-state index is 12.9. The third kappa shape index (κ3) is 5.63. The van der Waals surface area contributed by atoms with E-state index in [-0.39, 0.29) is 17.9 Å². The second-order valence-corrected chi connectivity index (χ2v) is 11.9. The van der Waals surface area contributed by atoms with E-state index in [4.69, 9.17) is 0 Å². The molecule has 2 fully saturated rings. The van der Waals surface area contributed by atoms with E-state index in [1.807, 2.05) is 26.0 Å². The highest BCUT2D eigenvalue weighted by Gasteiger charge is 2.32.